The molecule has 2 aliphatic heterocycles. The number of thioether (sulfide) groups is 2. The fourth-order valence-electron chi connectivity index (χ4n) is 3.65. The normalized spacial score (nSPS) is 19.2. The molecule has 35 heavy (non-hydrogen) atoms. The number of nitrogens with zero attached hydrogens (tertiary/aromatic N) is 3. The molecule has 4 rings (SSSR count). The summed E-state index contributed by atoms with van der Waals surface area (Å²) in [5, 5.41) is 15.5. The van der Waals surface area contributed by atoms with Crippen LogP contribution in [0.5, 0.6) is 0 Å². The van der Waals surface area contributed by atoms with E-state index in [1.165, 1.54) is 35.7 Å². The number of aryl methyl sites for hydroxylation is 1. The van der Waals surface area contributed by atoms with Crippen LogP contribution in [0.2, 0.25) is 10.0 Å². The van der Waals surface area contributed by atoms with Crippen LogP contribution in [0, 0.1) is 0 Å². The van der Waals surface area contributed by atoms with Crippen molar-refractivity contribution < 1.29 is 24.3 Å². The van der Waals surface area contributed by atoms with Crippen LogP contribution in [-0.2, 0) is 21.4 Å². The summed E-state index contributed by atoms with van der Waals surface area (Å²) in [6.45, 7) is -0.108. The van der Waals surface area contributed by atoms with Gasteiger partial charge in [0.1, 0.15) is 17.1 Å². The van der Waals surface area contributed by atoms with Gasteiger partial charge in [-0.25, -0.2) is 9.78 Å². The Morgan fingerprint density at radius 2 is 2.00 bits per heavy atom. The lowest BCUT2D eigenvalue weighted by Crippen LogP contribution is -2.70. The molecular weight excluding hydrogens is 537 g/mol. The monoisotopic (exact) mass is 555 g/mol. The Hall–Kier alpha value is -2.67. The van der Waals surface area contributed by atoms with E-state index in [2.05, 4.69) is 15.6 Å². The van der Waals surface area contributed by atoms with Gasteiger partial charge < -0.3 is 20.3 Å². The topological polar surface area (TPSA) is 134 Å². The lowest BCUT2D eigenvalue weighted by molar-refractivity contribution is -0.150. The van der Waals surface area contributed by atoms with Crippen molar-refractivity contribution in [2.75, 3.05) is 18.1 Å². The van der Waals surface area contributed by atoms with E-state index < -0.39 is 29.2 Å². The quantitative estimate of drug-likeness (QED) is 0.332. The SMILES string of the molecule is Cn1ccnc1SCC(=O)NC1C(=O)N2C(C(=O)O)=C(CNC(=O)c3c(Cl)cccc3Cl)CS[C@H]12. The van der Waals surface area contributed by atoms with Gasteiger partial charge in [-0.3, -0.25) is 19.3 Å². The molecule has 14 heteroatoms. The highest BCUT2D eigenvalue weighted by molar-refractivity contribution is 8.00. The Morgan fingerprint density at radius 3 is 2.63 bits per heavy atom. The van der Waals surface area contributed by atoms with Crippen LogP contribution in [0.25, 0.3) is 0 Å². The van der Waals surface area contributed by atoms with Crippen molar-refractivity contribution in [2.24, 2.45) is 7.05 Å². The lowest BCUT2D eigenvalue weighted by Gasteiger charge is -2.49. The summed E-state index contributed by atoms with van der Waals surface area (Å²) in [6, 6.07) is 3.81. The van der Waals surface area contributed by atoms with Crippen molar-refractivity contribution in [3.05, 3.63) is 57.5 Å². The molecule has 3 heterocycles. The fraction of sp³-hybridized carbons (Fsp3) is 0.286. The summed E-state index contributed by atoms with van der Waals surface area (Å²) in [5.74, 6) is -2.41. The van der Waals surface area contributed by atoms with Crippen LogP contribution >= 0.6 is 46.7 Å². The van der Waals surface area contributed by atoms with Crippen LogP contribution in [0.4, 0.5) is 0 Å². The number of aromatic nitrogens is 2. The first-order valence-corrected chi connectivity index (χ1v) is 13.0. The molecule has 184 valence electrons. The van der Waals surface area contributed by atoms with E-state index in [4.69, 9.17) is 23.2 Å². The number of β-lactam (4-membered cyclic amide) rings is 1. The summed E-state index contributed by atoms with van der Waals surface area (Å²) < 4.78 is 1.77. The van der Waals surface area contributed by atoms with E-state index >= 15 is 0 Å². The fourth-order valence-corrected chi connectivity index (χ4v) is 6.30. The van der Waals surface area contributed by atoms with Crippen molar-refractivity contribution in [3.8, 4) is 0 Å². The molecule has 1 saturated heterocycles. The maximum absolute atomic E-state index is 12.8. The summed E-state index contributed by atoms with van der Waals surface area (Å²) in [4.78, 5) is 55.0. The molecule has 0 spiro atoms. The highest BCUT2D eigenvalue weighted by Gasteiger charge is 2.54. The molecule has 1 unspecified atom stereocenters. The first-order valence-electron chi connectivity index (χ1n) is 10.2. The first kappa shape index (κ1) is 25.4. The predicted molar refractivity (Wildman–Crippen MR) is 132 cm³/mol. The van der Waals surface area contributed by atoms with E-state index in [1.54, 1.807) is 23.0 Å². The van der Waals surface area contributed by atoms with Gasteiger partial charge in [0.2, 0.25) is 5.91 Å². The van der Waals surface area contributed by atoms with E-state index in [0.717, 1.165) is 4.90 Å². The maximum atomic E-state index is 12.8. The summed E-state index contributed by atoms with van der Waals surface area (Å²) in [6.07, 6.45) is 3.38. The van der Waals surface area contributed by atoms with Gasteiger partial charge >= 0.3 is 5.97 Å². The lowest BCUT2D eigenvalue weighted by atomic mass is 10.0. The summed E-state index contributed by atoms with van der Waals surface area (Å²) in [5.41, 5.74) is 0.247. The molecule has 0 saturated carbocycles. The third kappa shape index (κ3) is 5.15. The number of rotatable bonds is 8. The summed E-state index contributed by atoms with van der Waals surface area (Å²) in [7, 11) is 1.81. The van der Waals surface area contributed by atoms with Crippen molar-refractivity contribution in [3.63, 3.8) is 0 Å². The molecule has 3 amide bonds. The van der Waals surface area contributed by atoms with Gasteiger partial charge in [-0.1, -0.05) is 41.0 Å². The van der Waals surface area contributed by atoms with Gasteiger partial charge in [-0.15, -0.1) is 11.8 Å². The van der Waals surface area contributed by atoms with Crippen molar-refractivity contribution in [1.82, 2.24) is 25.1 Å². The Labute approximate surface area is 218 Å². The third-order valence-corrected chi connectivity index (χ3v) is 8.36. The van der Waals surface area contributed by atoms with Gasteiger partial charge in [0.25, 0.3) is 11.8 Å². The van der Waals surface area contributed by atoms with E-state index in [0.29, 0.717) is 10.7 Å². The largest absolute Gasteiger partial charge is 0.477 e. The standard InChI is InChI=1S/C21H19Cl2N5O5S2/c1-27-6-5-24-21(27)35-9-13(29)26-15-18(31)28-16(20(32)33)10(8-34-19(15)28)7-25-17(30)14-11(22)3-2-4-12(14)23/h2-6,15,19H,7-9H2,1H3,(H,25,30)(H,26,29)(H,32,33)/t15?,19-/m1/s1. The molecule has 0 aliphatic carbocycles. The first-order chi connectivity index (χ1) is 16.7. The number of fused-ring (bicyclic) bond motifs is 1. The van der Waals surface area contributed by atoms with Gasteiger partial charge in [0, 0.05) is 31.7 Å². The molecule has 3 N–H and O–H groups in total. The highest BCUT2D eigenvalue weighted by Crippen LogP contribution is 2.40. The number of carbonyl (C=O) groups excluding carboxylic acids is 3. The maximum Gasteiger partial charge on any atom is 0.352 e. The number of carboxylic acids is 1. The average molecular weight is 556 g/mol. The minimum Gasteiger partial charge on any atom is -0.477 e. The Balaban J connectivity index is 1.41. The van der Waals surface area contributed by atoms with E-state index in [1.807, 2.05) is 7.05 Å². The average Bonchev–Trinajstić information content (AvgIpc) is 3.23. The number of hydrogen-bond donors (Lipinski definition) is 3. The van der Waals surface area contributed by atoms with Gasteiger partial charge in [0.05, 0.1) is 21.4 Å². The van der Waals surface area contributed by atoms with Crippen LogP contribution in [0.1, 0.15) is 10.4 Å². The molecule has 1 aromatic carbocycles. The Bertz CT molecular complexity index is 1230. The minimum atomic E-state index is -1.29. The molecule has 0 bridgehead atoms. The Morgan fingerprint density at radius 1 is 1.29 bits per heavy atom. The van der Waals surface area contributed by atoms with Crippen LogP contribution in [0.3, 0.4) is 0 Å². The minimum absolute atomic E-state index is 0.0650. The van der Waals surface area contributed by atoms with E-state index in [9.17, 15) is 24.3 Å². The van der Waals surface area contributed by atoms with Crippen molar-refractivity contribution >= 4 is 70.4 Å². The number of carboxylic acid groups (broad SMARTS) is 1. The number of amides is 3. The Kier molecular flexibility index (Phi) is 7.64. The van der Waals surface area contributed by atoms with E-state index in [-0.39, 0.29) is 45.3 Å². The van der Waals surface area contributed by atoms with Crippen LogP contribution < -0.4 is 10.6 Å². The van der Waals surface area contributed by atoms with Crippen LogP contribution in [0.15, 0.2) is 47.0 Å². The van der Waals surface area contributed by atoms with Gasteiger partial charge in [-0.05, 0) is 17.7 Å². The number of hydrogen-bond acceptors (Lipinski definition) is 7. The number of nitrogens with one attached hydrogen (secondary N) is 2. The number of aliphatic carboxylic acids is 1. The number of imidazole rings is 1. The molecular formula is C21H19Cl2N5O5S2. The third-order valence-electron chi connectivity index (χ3n) is 5.33. The zero-order valence-electron chi connectivity index (χ0n) is 18.2. The molecule has 2 atom stereocenters. The number of benzene rings is 1. The van der Waals surface area contributed by atoms with Crippen molar-refractivity contribution in [2.45, 2.75) is 16.6 Å². The highest BCUT2D eigenvalue weighted by atomic mass is 35.5. The molecule has 10 nitrogen and oxygen atoms in total. The zero-order valence-corrected chi connectivity index (χ0v) is 21.3. The molecule has 2 aliphatic rings. The molecule has 1 fully saturated rings. The molecule has 0 radical (unpaired) electrons. The molecule has 2 aromatic rings. The second-order valence-electron chi connectivity index (χ2n) is 7.60. The predicted octanol–water partition coefficient (Wildman–Crippen LogP) is 1.99. The van der Waals surface area contributed by atoms with Crippen molar-refractivity contribution in [1.29, 1.82) is 0 Å². The summed E-state index contributed by atoms with van der Waals surface area (Å²) >= 11 is 14.7. The molecule has 1 aromatic heterocycles. The van der Waals surface area contributed by atoms with Gasteiger partial charge in [-0.2, -0.15) is 0 Å². The second-order valence-corrected chi connectivity index (χ2v) is 10.5. The number of carbonyl (C=O) groups is 4. The van der Waals surface area contributed by atoms with Gasteiger partial charge in [0.15, 0.2) is 5.16 Å². The smallest absolute Gasteiger partial charge is 0.352 e. The zero-order chi connectivity index (χ0) is 25.3. The number of halogens is 2. The van der Waals surface area contributed by atoms with Crippen LogP contribution in [-0.4, -0.2) is 72.7 Å². The second kappa shape index (κ2) is 10.5.